The van der Waals surface area contributed by atoms with Crippen molar-refractivity contribution in [3.05, 3.63) is 18.7 Å². The Morgan fingerprint density at radius 2 is 2.23 bits per heavy atom. The maximum absolute atomic E-state index is 4.03. The topological polar surface area (TPSA) is 38.9 Å². The number of quaternary nitrogens is 2. The summed E-state index contributed by atoms with van der Waals surface area (Å²) in [6.07, 6.45) is 5.78. The van der Waals surface area contributed by atoms with Gasteiger partial charge in [0.1, 0.15) is 26.2 Å². The molecular weight excluding hydrogens is 164 g/mol. The van der Waals surface area contributed by atoms with Crippen molar-refractivity contribution in [1.29, 1.82) is 0 Å². The van der Waals surface area contributed by atoms with E-state index in [1.807, 2.05) is 18.7 Å². The van der Waals surface area contributed by atoms with Crippen LogP contribution in [0.5, 0.6) is 0 Å². The summed E-state index contributed by atoms with van der Waals surface area (Å²) < 4.78 is 2.16. The molecule has 0 aromatic carbocycles. The molecule has 1 aromatic rings. The predicted molar refractivity (Wildman–Crippen MR) is 49.5 cm³/mol. The summed E-state index contributed by atoms with van der Waals surface area (Å²) in [5.41, 5.74) is 0. The second-order valence-electron chi connectivity index (χ2n) is 3.67. The molecule has 1 fully saturated rings. The zero-order chi connectivity index (χ0) is 8.93. The van der Waals surface area contributed by atoms with Crippen molar-refractivity contribution in [2.75, 3.05) is 32.7 Å². The van der Waals surface area contributed by atoms with Gasteiger partial charge < -0.3 is 14.8 Å². The van der Waals surface area contributed by atoms with Gasteiger partial charge >= 0.3 is 0 Å². The van der Waals surface area contributed by atoms with Gasteiger partial charge in [0.15, 0.2) is 0 Å². The smallest absolute Gasteiger partial charge is 0.127 e. The van der Waals surface area contributed by atoms with Crippen molar-refractivity contribution >= 4 is 0 Å². The molecule has 4 heteroatoms. The molecule has 13 heavy (non-hydrogen) atoms. The lowest BCUT2D eigenvalue weighted by atomic mass is 10.3. The molecule has 3 N–H and O–H groups in total. The molecule has 2 heterocycles. The van der Waals surface area contributed by atoms with Gasteiger partial charge in [-0.05, 0) is 0 Å². The molecule has 0 amide bonds. The average molecular weight is 182 g/mol. The number of piperazine rings is 1. The third-order valence-electron chi connectivity index (χ3n) is 2.69. The highest BCUT2D eigenvalue weighted by molar-refractivity contribution is 4.73. The molecule has 4 nitrogen and oxygen atoms in total. The van der Waals surface area contributed by atoms with Crippen LogP contribution in [-0.2, 0) is 6.54 Å². The van der Waals surface area contributed by atoms with Gasteiger partial charge in [-0.25, -0.2) is 4.98 Å². The summed E-state index contributed by atoms with van der Waals surface area (Å²) in [4.78, 5) is 5.77. The molecular formula is C9H18N4+2. The molecule has 1 aliphatic rings. The largest absolute Gasteiger partial charge is 0.337 e. The summed E-state index contributed by atoms with van der Waals surface area (Å²) in [6, 6.07) is 0. The normalized spacial score (nSPS) is 19.1. The Morgan fingerprint density at radius 3 is 2.92 bits per heavy atom. The number of nitrogens with two attached hydrogens (primary N) is 1. The number of hydrogen-bond acceptors (Lipinski definition) is 1. The predicted octanol–water partition coefficient (Wildman–Crippen LogP) is -2.65. The zero-order valence-corrected chi connectivity index (χ0v) is 7.95. The van der Waals surface area contributed by atoms with Crippen LogP contribution in [0.25, 0.3) is 0 Å². The van der Waals surface area contributed by atoms with Crippen molar-refractivity contribution in [3.8, 4) is 0 Å². The molecule has 0 spiro atoms. The quantitative estimate of drug-likeness (QED) is 0.526. The molecule has 0 unspecified atom stereocenters. The van der Waals surface area contributed by atoms with E-state index in [9.17, 15) is 0 Å². The molecule has 1 saturated heterocycles. The summed E-state index contributed by atoms with van der Waals surface area (Å²) in [6.45, 7) is 7.56. The fraction of sp³-hybridized carbons (Fsp3) is 0.667. The van der Waals surface area contributed by atoms with Gasteiger partial charge in [0.05, 0.1) is 19.4 Å². The van der Waals surface area contributed by atoms with Crippen LogP contribution in [-0.4, -0.2) is 42.3 Å². The third-order valence-corrected chi connectivity index (χ3v) is 2.69. The summed E-state index contributed by atoms with van der Waals surface area (Å²) in [5, 5.41) is 2.40. The first-order valence-corrected chi connectivity index (χ1v) is 5.06. The van der Waals surface area contributed by atoms with Crippen LogP contribution >= 0.6 is 0 Å². The summed E-state index contributed by atoms with van der Waals surface area (Å²) in [7, 11) is 0. The Kier molecular flexibility index (Phi) is 2.94. The molecule has 0 aliphatic carbocycles. The van der Waals surface area contributed by atoms with E-state index >= 15 is 0 Å². The Labute approximate surface area is 78.6 Å². The molecule has 0 atom stereocenters. The number of aromatic nitrogens is 2. The highest BCUT2D eigenvalue weighted by Gasteiger charge is 2.14. The summed E-state index contributed by atoms with van der Waals surface area (Å²) >= 11 is 0. The SMILES string of the molecule is c1cn(CC[NH+]2CC[NH2+]CC2)cn1. The highest BCUT2D eigenvalue weighted by Crippen LogP contribution is 1.81. The monoisotopic (exact) mass is 182 g/mol. The standard InChI is InChI=1S/C9H16N4/c1-4-12(5-2-10-1)7-8-13-6-3-11-9-13/h3,6,9-10H,1-2,4-5,7-8H2/p+2. The lowest BCUT2D eigenvalue weighted by molar-refractivity contribution is -0.947. The maximum atomic E-state index is 4.03. The molecule has 1 aliphatic heterocycles. The van der Waals surface area contributed by atoms with Gasteiger partial charge in [-0.1, -0.05) is 0 Å². The van der Waals surface area contributed by atoms with Crippen LogP contribution in [0.1, 0.15) is 0 Å². The Morgan fingerprint density at radius 1 is 1.38 bits per heavy atom. The van der Waals surface area contributed by atoms with Gasteiger partial charge in [0, 0.05) is 12.4 Å². The Balaban J connectivity index is 1.72. The van der Waals surface area contributed by atoms with Crippen LogP contribution in [0.15, 0.2) is 18.7 Å². The molecule has 2 rings (SSSR count). The second kappa shape index (κ2) is 4.39. The Bertz CT molecular complexity index is 226. The van der Waals surface area contributed by atoms with E-state index in [1.54, 1.807) is 4.90 Å². The molecule has 0 bridgehead atoms. The van der Waals surface area contributed by atoms with Gasteiger partial charge in [-0.15, -0.1) is 0 Å². The van der Waals surface area contributed by atoms with Crippen LogP contribution in [0.3, 0.4) is 0 Å². The number of rotatable bonds is 3. The molecule has 0 saturated carbocycles. The minimum Gasteiger partial charge on any atom is -0.337 e. The van der Waals surface area contributed by atoms with Crippen LogP contribution in [0.4, 0.5) is 0 Å². The van der Waals surface area contributed by atoms with Gasteiger partial charge in [0.2, 0.25) is 0 Å². The van der Waals surface area contributed by atoms with Gasteiger partial charge in [-0.3, -0.25) is 0 Å². The van der Waals surface area contributed by atoms with Crippen molar-refractivity contribution < 1.29 is 10.2 Å². The van der Waals surface area contributed by atoms with E-state index in [4.69, 9.17) is 0 Å². The van der Waals surface area contributed by atoms with Gasteiger partial charge in [0.25, 0.3) is 0 Å². The minimum atomic E-state index is 1.11. The average Bonchev–Trinajstić information content (AvgIpc) is 2.69. The van der Waals surface area contributed by atoms with Crippen LogP contribution in [0.2, 0.25) is 0 Å². The van der Waals surface area contributed by atoms with E-state index in [-0.39, 0.29) is 0 Å². The second-order valence-corrected chi connectivity index (χ2v) is 3.67. The maximum Gasteiger partial charge on any atom is 0.127 e. The highest BCUT2D eigenvalue weighted by atomic mass is 15.2. The molecule has 1 aromatic heterocycles. The minimum absolute atomic E-state index is 1.11. The number of nitrogens with one attached hydrogen (secondary N) is 1. The first kappa shape index (κ1) is 8.72. The first-order valence-electron chi connectivity index (χ1n) is 5.06. The number of hydrogen-bond donors (Lipinski definition) is 2. The van der Waals surface area contributed by atoms with Crippen molar-refractivity contribution in [2.24, 2.45) is 0 Å². The van der Waals surface area contributed by atoms with E-state index in [1.165, 1.54) is 32.7 Å². The van der Waals surface area contributed by atoms with Gasteiger partial charge in [-0.2, -0.15) is 0 Å². The number of nitrogens with zero attached hydrogens (tertiary/aromatic N) is 2. The van der Waals surface area contributed by atoms with Crippen LogP contribution in [0, 0.1) is 0 Å². The lowest BCUT2D eigenvalue weighted by Crippen LogP contribution is -3.20. The first-order chi connectivity index (χ1) is 6.45. The zero-order valence-electron chi connectivity index (χ0n) is 7.95. The summed E-state index contributed by atoms with van der Waals surface area (Å²) in [5.74, 6) is 0. The number of imidazole rings is 1. The fourth-order valence-electron chi connectivity index (χ4n) is 1.84. The van der Waals surface area contributed by atoms with E-state index in [2.05, 4.69) is 14.9 Å². The van der Waals surface area contributed by atoms with E-state index < -0.39 is 0 Å². The van der Waals surface area contributed by atoms with Crippen LogP contribution < -0.4 is 10.2 Å². The fourth-order valence-corrected chi connectivity index (χ4v) is 1.84. The lowest BCUT2D eigenvalue weighted by Gasteiger charge is -2.22. The van der Waals surface area contributed by atoms with E-state index in [0.29, 0.717) is 0 Å². The van der Waals surface area contributed by atoms with Crippen molar-refractivity contribution in [3.63, 3.8) is 0 Å². The van der Waals surface area contributed by atoms with Crippen molar-refractivity contribution in [1.82, 2.24) is 9.55 Å². The Hall–Kier alpha value is -0.870. The third kappa shape index (κ3) is 2.54. The molecule has 72 valence electrons. The van der Waals surface area contributed by atoms with E-state index in [0.717, 1.165) is 6.54 Å². The van der Waals surface area contributed by atoms with Crippen molar-refractivity contribution in [2.45, 2.75) is 6.54 Å². The molecule has 0 radical (unpaired) electrons.